The number of hydrogen-bond acceptors (Lipinski definition) is 4. The molecule has 0 radical (unpaired) electrons. The van der Waals surface area contributed by atoms with Crippen LogP contribution in [0.4, 0.5) is 0 Å². The molecule has 3 rings (SSSR count). The van der Waals surface area contributed by atoms with E-state index in [2.05, 4.69) is 29.2 Å². The van der Waals surface area contributed by atoms with Crippen LogP contribution in [0.3, 0.4) is 0 Å². The Balaban J connectivity index is 1.40. The van der Waals surface area contributed by atoms with E-state index in [0.717, 1.165) is 24.3 Å². The second-order valence-corrected chi connectivity index (χ2v) is 7.16. The Hall–Kier alpha value is -1.85. The van der Waals surface area contributed by atoms with Crippen molar-refractivity contribution in [1.29, 1.82) is 0 Å². The molecule has 25 heavy (non-hydrogen) atoms. The average molecular weight is 356 g/mol. The molecule has 0 spiro atoms. The van der Waals surface area contributed by atoms with Crippen LogP contribution in [-0.2, 0) is 16.0 Å². The van der Waals surface area contributed by atoms with Crippen molar-refractivity contribution in [2.45, 2.75) is 30.4 Å². The Morgan fingerprint density at radius 3 is 2.84 bits per heavy atom. The van der Waals surface area contributed by atoms with Gasteiger partial charge in [0.15, 0.2) is 0 Å². The number of thioether (sulfide) groups is 1. The molecule has 1 saturated heterocycles. The van der Waals surface area contributed by atoms with E-state index in [1.807, 2.05) is 29.2 Å². The molecule has 1 fully saturated rings. The fraction of sp³-hybridized carbons (Fsp3) is 0.400. The molecule has 0 unspecified atom stereocenters. The first kappa shape index (κ1) is 18.0. The van der Waals surface area contributed by atoms with Crippen molar-refractivity contribution in [1.82, 2.24) is 9.88 Å². The van der Waals surface area contributed by atoms with E-state index in [4.69, 9.17) is 4.74 Å². The fourth-order valence-electron chi connectivity index (χ4n) is 2.96. The van der Waals surface area contributed by atoms with Gasteiger partial charge >= 0.3 is 0 Å². The Morgan fingerprint density at radius 2 is 2.04 bits per heavy atom. The highest BCUT2D eigenvalue weighted by atomic mass is 32.2. The highest BCUT2D eigenvalue weighted by Crippen LogP contribution is 2.17. The molecule has 1 aliphatic heterocycles. The number of carbonyl (C=O) groups excluding carboxylic acids is 1. The number of aromatic nitrogens is 1. The molecule has 0 N–H and O–H groups in total. The van der Waals surface area contributed by atoms with Gasteiger partial charge in [-0.05, 0) is 37.0 Å². The summed E-state index contributed by atoms with van der Waals surface area (Å²) in [5.74, 6) is 0.611. The Kier molecular flexibility index (Phi) is 6.89. The summed E-state index contributed by atoms with van der Waals surface area (Å²) in [7, 11) is 0. The largest absolute Gasteiger partial charge is 0.375 e. The van der Waals surface area contributed by atoms with Crippen LogP contribution in [0.1, 0.15) is 18.4 Å². The van der Waals surface area contributed by atoms with Gasteiger partial charge in [-0.2, -0.15) is 0 Å². The lowest BCUT2D eigenvalue weighted by atomic mass is 10.1. The molecule has 5 heteroatoms. The highest BCUT2D eigenvalue weighted by molar-refractivity contribution is 7.99. The van der Waals surface area contributed by atoms with Crippen LogP contribution in [-0.4, -0.2) is 47.3 Å². The number of nitrogens with zero attached hydrogens (tertiary/aromatic N) is 2. The standard InChI is InChI=1S/C20H24N2O2S/c23-20(16-25-19-11-4-5-12-21-19)22-13-14-24-18(15-22)10-6-9-17-7-2-1-3-8-17/h1-5,7-8,11-12,18H,6,9-10,13-16H2/t18-/m0/s1. The summed E-state index contributed by atoms with van der Waals surface area (Å²) in [5, 5.41) is 0.892. The van der Waals surface area contributed by atoms with Crippen LogP contribution in [0.25, 0.3) is 0 Å². The first-order valence-corrected chi connectivity index (χ1v) is 9.77. The van der Waals surface area contributed by atoms with Gasteiger partial charge in [-0.3, -0.25) is 4.79 Å². The van der Waals surface area contributed by atoms with E-state index in [1.165, 1.54) is 17.3 Å². The van der Waals surface area contributed by atoms with Gasteiger partial charge in [0, 0.05) is 19.3 Å². The van der Waals surface area contributed by atoms with Gasteiger partial charge in [-0.1, -0.05) is 48.2 Å². The van der Waals surface area contributed by atoms with Gasteiger partial charge in [0.05, 0.1) is 23.5 Å². The van der Waals surface area contributed by atoms with E-state index in [1.54, 1.807) is 6.20 Å². The van der Waals surface area contributed by atoms with E-state index < -0.39 is 0 Å². The van der Waals surface area contributed by atoms with Crippen LogP contribution >= 0.6 is 11.8 Å². The third-order valence-corrected chi connectivity index (χ3v) is 5.24. The molecule has 1 amide bonds. The number of rotatable bonds is 7. The fourth-order valence-corrected chi connectivity index (χ4v) is 3.72. The number of ether oxygens (including phenoxy) is 1. The van der Waals surface area contributed by atoms with E-state index in [9.17, 15) is 4.79 Å². The zero-order valence-corrected chi connectivity index (χ0v) is 15.2. The summed E-state index contributed by atoms with van der Waals surface area (Å²) < 4.78 is 5.85. The van der Waals surface area contributed by atoms with E-state index >= 15 is 0 Å². The Labute approximate surface area is 153 Å². The molecule has 1 atom stereocenters. The molecule has 1 aromatic heterocycles. The van der Waals surface area contributed by atoms with Gasteiger partial charge in [0.25, 0.3) is 0 Å². The maximum absolute atomic E-state index is 12.4. The summed E-state index contributed by atoms with van der Waals surface area (Å²) in [6, 6.07) is 16.3. The number of amides is 1. The predicted octanol–water partition coefficient (Wildman–Crippen LogP) is 3.42. The van der Waals surface area contributed by atoms with Crippen molar-refractivity contribution in [2.24, 2.45) is 0 Å². The molecular formula is C20H24N2O2S. The van der Waals surface area contributed by atoms with Crippen molar-refractivity contribution in [3.63, 3.8) is 0 Å². The zero-order chi connectivity index (χ0) is 17.3. The van der Waals surface area contributed by atoms with Crippen LogP contribution in [0.15, 0.2) is 59.8 Å². The van der Waals surface area contributed by atoms with Crippen molar-refractivity contribution < 1.29 is 9.53 Å². The molecule has 0 saturated carbocycles. The maximum Gasteiger partial charge on any atom is 0.233 e. The van der Waals surface area contributed by atoms with Crippen molar-refractivity contribution in [3.05, 3.63) is 60.3 Å². The molecule has 1 aliphatic rings. The molecule has 4 nitrogen and oxygen atoms in total. The lowest BCUT2D eigenvalue weighted by Gasteiger charge is -2.33. The number of aryl methyl sites for hydroxylation is 1. The SMILES string of the molecule is O=C(CSc1ccccn1)N1CCO[C@@H](CCCc2ccccc2)C1. The molecule has 0 aliphatic carbocycles. The minimum Gasteiger partial charge on any atom is -0.375 e. The van der Waals surface area contributed by atoms with Crippen molar-refractivity contribution in [3.8, 4) is 0 Å². The number of morpholine rings is 1. The third-order valence-electron chi connectivity index (χ3n) is 4.31. The minimum atomic E-state index is 0.154. The maximum atomic E-state index is 12.4. The molecular weight excluding hydrogens is 332 g/mol. The van der Waals surface area contributed by atoms with Gasteiger partial charge in [-0.15, -0.1) is 0 Å². The van der Waals surface area contributed by atoms with Crippen LogP contribution < -0.4 is 0 Å². The average Bonchev–Trinajstić information content (AvgIpc) is 2.68. The van der Waals surface area contributed by atoms with Crippen LogP contribution in [0, 0.1) is 0 Å². The molecule has 132 valence electrons. The van der Waals surface area contributed by atoms with Gasteiger partial charge in [0.2, 0.25) is 5.91 Å². The number of pyridine rings is 1. The molecule has 0 bridgehead atoms. The van der Waals surface area contributed by atoms with Crippen molar-refractivity contribution in [2.75, 3.05) is 25.4 Å². The summed E-state index contributed by atoms with van der Waals surface area (Å²) in [6.45, 7) is 2.03. The molecule has 2 aromatic rings. The predicted molar refractivity (Wildman–Crippen MR) is 101 cm³/mol. The first-order chi connectivity index (χ1) is 12.3. The summed E-state index contributed by atoms with van der Waals surface area (Å²) in [4.78, 5) is 18.6. The topological polar surface area (TPSA) is 42.4 Å². The lowest BCUT2D eigenvalue weighted by molar-refractivity contribution is -0.136. The van der Waals surface area contributed by atoms with Crippen LogP contribution in [0.2, 0.25) is 0 Å². The zero-order valence-electron chi connectivity index (χ0n) is 14.3. The second kappa shape index (κ2) is 9.59. The van der Waals surface area contributed by atoms with Gasteiger partial charge in [0.1, 0.15) is 0 Å². The van der Waals surface area contributed by atoms with Crippen molar-refractivity contribution >= 4 is 17.7 Å². The quantitative estimate of drug-likeness (QED) is 0.713. The van der Waals surface area contributed by atoms with E-state index in [0.29, 0.717) is 25.4 Å². The molecule has 1 aromatic carbocycles. The van der Waals surface area contributed by atoms with Crippen LogP contribution in [0.5, 0.6) is 0 Å². The third kappa shape index (κ3) is 5.87. The number of hydrogen-bond donors (Lipinski definition) is 0. The second-order valence-electron chi connectivity index (χ2n) is 6.17. The summed E-state index contributed by atoms with van der Waals surface area (Å²) in [6.07, 6.45) is 5.04. The van der Waals surface area contributed by atoms with Gasteiger partial charge in [-0.25, -0.2) is 4.98 Å². The monoisotopic (exact) mass is 356 g/mol. The number of benzene rings is 1. The summed E-state index contributed by atoms with van der Waals surface area (Å²) in [5.41, 5.74) is 1.36. The first-order valence-electron chi connectivity index (χ1n) is 8.78. The molecule has 2 heterocycles. The summed E-state index contributed by atoms with van der Waals surface area (Å²) >= 11 is 1.50. The lowest BCUT2D eigenvalue weighted by Crippen LogP contribution is -2.46. The Morgan fingerprint density at radius 1 is 1.20 bits per heavy atom. The smallest absolute Gasteiger partial charge is 0.233 e. The Bertz CT molecular complexity index is 651. The normalized spacial score (nSPS) is 17.4. The van der Waals surface area contributed by atoms with Gasteiger partial charge < -0.3 is 9.64 Å². The highest BCUT2D eigenvalue weighted by Gasteiger charge is 2.23. The number of carbonyl (C=O) groups is 1. The minimum absolute atomic E-state index is 0.154. The van der Waals surface area contributed by atoms with E-state index in [-0.39, 0.29) is 12.0 Å².